The summed E-state index contributed by atoms with van der Waals surface area (Å²) in [5.74, 6) is -1.14. The average molecular weight is 532 g/mol. The first-order chi connectivity index (χ1) is 18.9. The number of aromatic hydroxyl groups is 1. The highest BCUT2D eigenvalue weighted by atomic mass is 19.1. The molecule has 1 aliphatic rings. The van der Waals surface area contributed by atoms with Crippen molar-refractivity contribution >= 4 is 18.2 Å². The van der Waals surface area contributed by atoms with Gasteiger partial charge in [0.2, 0.25) is 24.2 Å². The van der Waals surface area contributed by atoms with E-state index >= 15 is 0 Å². The van der Waals surface area contributed by atoms with Crippen molar-refractivity contribution in [1.82, 2.24) is 25.4 Å². The molecule has 2 atom stereocenters. The second-order valence-electron chi connectivity index (χ2n) is 9.17. The molecule has 1 saturated heterocycles. The number of nitrogens with zero attached hydrogens (tertiary/aromatic N) is 3. The number of carbonyl (C=O) groups is 3. The van der Waals surface area contributed by atoms with Crippen LogP contribution in [0.4, 0.5) is 4.39 Å². The van der Waals surface area contributed by atoms with Crippen molar-refractivity contribution < 1.29 is 23.9 Å². The number of aromatic nitrogens is 1. The zero-order valence-electron chi connectivity index (χ0n) is 21.3. The van der Waals surface area contributed by atoms with Crippen LogP contribution in [-0.2, 0) is 27.3 Å². The minimum atomic E-state index is -0.905. The number of piperazine rings is 1. The number of hydrogen-bond acceptors (Lipinski definition) is 6. The quantitative estimate of drug-likeness (QED) is 0.151. The standard InChI is InChI=1S/C29H30FN5O4/c1-2-12-31-16-27(38)35-25(15-20-8-10-23(37)11-9-20)29(39)34(18-26(35)33-19-36)17-21-5-3-6-22(14-21)24-7-4-13-32-28(24)30/h2-11,13-14,19,25-26,31,37H,1,12,15-18H2,(H,33,36)/t25-,26+/m0/s1. The Hall–Kier alpha value is -4.57. The molecule has 202 valence electrons. The molecule has 10 heteroatoms. The Bertz CT molecular complexity index is 1330. The van der Waals surface area contributed by atoms with E-state index in [2.05, 4.69) is 22.2 Å². The maximum atomic E-state index is 14.3. The number of amides is 3. The molecule has 3 aromatic rings. The van der Waals surface area contributed by atoms with Crippen LogP contribution in [0.5, 0.6) is 5.75 Å². The Balaban J connectivity index is 1.64. The van der Waals surface area contributed by atoms with E-state index in [1.807, 2.05) is 6.07 Å². The molecule has 0 radical (unpaired) electrons. The molecule has 0 aliphatic carbocycles. The molecule has 3 N–H and O–H groups in total. The molecular weight excluding hydrogens is 501 g/mol. The number of hydrogen-bond donors (Lipinski definition) is 3. The number of phenolic OH excluding ortho intramolecular Hbond substituents is 1. The molecule has 0 bridgehead atoms. The fourth-order valence-corrected chi connectivity index (χ4v) is 4.71. The van der Waals surface area contributed by atoms with Crippen LogP contribution in [0.2, 0.25) is 0 Å². The van der Waals surface area contributed by atoms with Crippen LogP contribution in [0.1, 0.15) is 11.1 Å². The molecule has 1 fully saturated rings. The number of halogens is 1. The molecule has 39 heavy (non-hydrogen) atoms. The largest absolute Gasteiger partial charge is 0.508 e. The Kier molecular flexibility index (Phi) is 9.01. The number of rotatable bonds is 11. The minimum Gasteiger partial charge on any atom is -0.508 e. The monoisotopic (exact) mass is 531 g/mol. The lowest BCUT2D eigenvalue weighted by Gasteiger charge is -2.46. The number of carbonyl (C=O) groups excluding carboxylic acids is 3. The first kappa shape index (κ1) is 27.5. The lowest BCUT2D eigenvalue weighted by molar-refractivity contribution is -0.157. The summed E-state index contributed by atoms with van der Waals surface area (Å²) in [5, 5.41) is 15.3. The van der Waals surface area contributed by atoms with Gasteiger partial charge in [-0.1, -0.05) is 36.4 Å². The van der Waals surface area contributed by atoms with E-state index in [0.717, 1.165) is 11.1 Å². The van der Waals surface area contributed by atoms with E-state index in [1.54, 1.807) is 53.4 Å². The van der Waals surface area contributed by atoms with Crippen molar-refractivity contribution in [3.8, 4) is 16.9 Å². The Labute approximate surface area is 226 Å². The molecule has 2 heterocycles. The van der Waals surface area contributed by atoms with E-state index in [-0.39, 0.29) is 43.6 Å². The van der Waals surface area contributed by atoms with E-state index in [4.69, 9.17) is 0 Å². The zero-order chi connectivity index (χ0) is 27.8. The van der Waals surface area contributed by atoms with Crippen LogP contribution >= 0.6 is 0 Å². The van der Waals surface area contributed by atoms with Crippen molar-refractivity contribution in [2.75, 3.05) is 19.6 Å². The SMILES string of the molecule is C=CCNCC(=O)N1[C@@H](NC=O)CN(Cc2cccc(-c3cccnc3F)c2)C(=O)[C@@H]1Cc1ccc(O)cc1. The van der Waals surface area contributed by atoms with Gasteiger partial charge in [-0.25, -0.2) is 4.98 Å². The van der Waals surface area contributed by atoms with Crippen molar-refractivity contribution in [2.45, 2.75) is 25.2 Å². The highest BCUT2D eigenvalue weighted by molar-refractivity contribution is 5.90. The summed E-state index contributed by atoms with van der Waals surface area (Å²) in [7, 11) is 0. The third-order valence-electron chi connectivity index (χ3n) is 6.51. The first-order valence-electron chi connectivity index (χ1n) is 12.5. The zero-order valence-corrected chi connectivity index (χ0v) is 21.3. The highest BCUT2D eigenvalue weighted by Gasteiger charge is 2.43. The van der Waals surface area contributed by atoms with E-state index in [0.29, 0.717) is 24.1 Å². The molecule has 2 aromatic carbocycles. The molecule has 3 amide bonds. The van der Waals surface area contributed by atoms with Gasteiger partial charge in [-0.3, -0.25) is 14.4 Å². The summed E-state index contributed by atoms with van der Waals surface area (Å²) in [6.07, 6.45) is 2.93. The normalized spacial score (nSPS) is 17.1. The maximum absolute atomic E-state index is 14.3. The van der Waals surface area contributed by atoms with Crippen LogP contribution in [0.25, 0.3) is 11.1 Å². The lowest BCUT2D eigenvalue weighted by Crippen LogP contribution is -2.68. The lowest BCUT2D eigenvalue weighted by atomic mass is 9.98. The van der Waals surface area contributed by atoms with Crippen molar-refractivity contribution in [3.05, 3.63) is 96.6 Å². The predicted octanol–water partition coefficient (Wildman–Crippen LogP) is 2.22. The molecule has 9 nitrogen and oxygen atoms in total. The summed E-state index contributed by atoms with van der Waals surface area (Å²) >= 11 is 0. The second kappa shape index (κ2) is 12.8. The third kappa shape index (κ3) is 6.66. The Morgan fingerprint density at radius 1 is 1.15 bits per heavy atom. The second-order valence-corrected chi connectivity index (χ2v) is 9.17. The summed E-state index contributed by atoms with van der Waals surface area (Å²) in [6, 6.07) is 16.0. The van der Waals surface area contributed by atoms with Gasteiger partial charge < -0.3 is 25.5 Å². The average Bonchev–Trinajstić information content (AvgIpc) is 2.93. The van der Waals surface area contributed by atoms with E-state index in [9.17, 15) is 23.9 Å². The van der Waals surface area contributed by atoms with Gasteiger partial charge in [-0.2, -0.15) is 4.39 Å². The topological polar surface area (TPSA) is 115 Å². The fourth-order valence-electron chi connectivity index (χ4n) is 4.71. The van der Waals surface area contributed by atoms with Crippen LogP contribution < -0.4 is 10.6 Å². The van der Waals surface area contributed by atoms with Crippen LogP contribution in [0, 0.1) is 5.95 Å². The molecule has 1 aromatic heterocycles. The number of phenols is 1. The van der Waals surface area contributed by atoms with Gasteiger partial charge in [0.25, 0.3) is 0 Å². The van der Waals surface area contributed by atoms with Crippen molar-refractivity contribution in [3.63, 3.8) is 0 Å². The first-order valence-corrected chi connectivity index (χ1v) is 12.5. The van der Waals surface area contributed by atoms with Gasteiger partial charge in [-0.15, -0.1) is 6.58 Å². The minimum absolute atomic E-state index is 0.0405. The Morgan fingerprint density at radius 2 is 1.95 bits per heavy atom. The summed E-state index contributed by atoms with van der Waals surface area (Å²) < 4.78 is 14.3. The van der Waals surface area contributed by atoms with Gasteiger partial charge in [0, 0.05) is 31.3 Å². The molecule has 4 rings (SSSR count). The molecule has 0 saturated carbocycles. The molecule has 0 unspecified atom stereocenters. The maximum Gasteiger partial charge on any atom is 0.246 e. The van der Waals surface area contributed by atoms with Gasteiger partial charge in [0.15, 0.2) is 0 Å². The molecular formula is C29H30FN5O4. The van der Waals surface area contributed by atoms with Crippen LogP contribution in [-0.4, -0.2) is 70.0 Å². The van der Waals surface area contributed by atoms with Crippen molar-refractivity contribution in [2.24, 2.45) is 0 Å². The van der Waals surface area contributed by atoms with Crippen molar-refractivity contribution in [1.29, 1.82) is 0 Å². The number of benzene rings is 2. The smallest absolute Gasteiger partial charge is 0.246 e. The fraction of sp³-hybridized carbons (Fsp3) is 0.241. The van der Waals surface area contributed by atoms with Crippen LogP contribution in [0.15, 0.2) is 79.5 Å². The van der Waals surface area contributed by atoms with Gasteiger partial charge >= 0.3 is 0 Å². The molecule has 0 spiro atoms. The molecule has 1 aliphatic heterocycles. The van der Waals surface area contributed by atoms with Gasteiger partial charge in [-0.05, 0) is 47.0 Å². The summed E-state index contributed by atoms with van der Waals surface area (Å²) in [6.45, 7) is 4.26. The number of nitrogens with one attached hydrogen (secondary N) is 2. The van der Waals surface area contributed by atoms with Crippen LogP contribution in [0.3, 0.4) is 0 Å². The summed E-state index contributed by atoms with van der Waals surface area (Å²) in [4.78, 5) is 45.4. The van der Waals surface area contributed by atoms with E-state index in [1.165, 1.54) is 23.2 Å². The predicted molar refractivity (Wildman–Crippen MR) is 144 cm³/mol. The summed E-state index contributed by atoms with van der Waals surface area (Å²) in [5.41, 5.74) is 2.46. The van der Waals surface area contributed by atoms with Gasteiger partial charge in [0.05, 0.1) is 13.1 Å². The highest BCUT2D eigenvalue weighted by Crippen LogP contribution is 2.26. The van der Waals surface area contributed by atoms with Gasteiger partial charge in [0.1, 0.15) is 18.0 Å². The Morgan fingerprint density at radius 3 is 2.67 bits per heavy atom. The van der Waals surface area contributed by atoms with E-state index < -0.39 is 18.2 Å². The third-order valence-corrected chi connectivity index (χ3v) is 6.51. The number of pyridine rings is 1.